The van der Waals surface area contributed by atoms with Gasteiger partial charge in [0.1, 0.15) is 11.4 Å². The van der Waals surface area contributed by atoms with Crippen molar-refractivity contribution < 1.29 is 14.3 Å². The van der Waals surface area contributed by atoms with Crippen molar-refractivity contribution in [3.05, 3.63) is 95.4 Å². The summed E-state index contributed by atoms with van der Waals surface area (Å²) >= 11 is 0. The average molecular weight is 399 g/mol. The van der Waals surface area contributed by atoms with E-state index in [2.05, 4.69) is 10.3 Å². The van der Waals surface area contributed by atoms with E-state index in [1.165, 1.54) is 4.90 Å². The predicted octanol–water partition coefficient (Wildman–Crippen LogP) is 3.79. The van der Waals surface area contributed by atoms with E-state index in [0.717, 1.165) is 11.1 Å². The van der Waals surface area contributed by atoms with Crippen LogP contribution in [-0.4, -0.2) is 28.8 Å². The minimum absolute atomic E-state index is 0.161. The third-order valence-corrected chi connectivity index (χ3v) is 4.93. The molecule has 6 nitrogen and oxygen atoms in total. The Bertz CT molecular complexity index is 1100. The van der Waals surface area contributed by atoms with Crippen molar-refractivity contribution in [2.45, 2.75) is 13.5 Å². The van der Waals surface area contributed by atoms with Crippen LogP contribution in [0.25, 0.3) is 5.57 Å². The lowest BCUT2D eigenvalue weighted by Crippen LogP contribution is -2.32. The minimum atomic E-state index is -0.366. The smallest absolute Gasteiger partial charge is 0.278 e. The molecule has 0 aliphatic carbocycles. The zero-order chi connectivity index (χ0) is 21.1. The lowest BCUT2D eigenvalue weighted by atomic mass is 10.0. The summed E-state index contributed by atoms with van der Waals surface area (Å²) < 4.78 is 5.19. The van der Waals surface area contributed by atoms with Crippen LogP contribution < -0.4 is 10.1 Å². The van der Waals surface area contributed by atoms with Crippen molar-refractivity contribution in [1.82, 2.24) is 9.88 Å². The molecule has 0 bridgehead atoms. The predicted molar refractivity (Wildman–Crippen MR) is 115 cm³/mol. The van der Waals surface area contributed by atoms with E-state index in [-0.39, 0.29) is 24.1 Å². The first-order chi connectivity index (χ1) is 14.6. The standard InChI is InChI=1S/C24H21N3O3/c1-16-5-7-18(8-6-16)21-22(26-19-9-11-20(30-2)12-10-19)24(29)27(23(21)28)15-17-4-3-13-25-14-17/h3-14,26H,15H2,1-2H3. The number of anilines is 1. The molecule has 4 rings (SSSR count). The second-order valence-electron chi connectivity index (χ2n) is 7.03. The number of hydrogen-bond donors (Lipinski definition) is 1. The van der Waals surface area contributed by atoms with E-state index >= 15 is 0 Å². The van der Waals surface area contributed by atoms with Gasteiger partial charge in [-0.2, -0.15) is 0 Å². The molecule has 150 valence electrons. The summed E-state index contributed by atoms with van der Waals surface area (Å²) in [5, 5.41) is 3.15. The van der Waals surface area contributed by atoms with Gasteiger partial charge in [-0.1, -0.05) is 35.9 Å². The molecule has 1 N–H and O–H groups in total. The van der Waals surface area contributed by atoms with Crippen molar-refractivity contribution in [2.24, 2.45) is 0 Å². The van der Waals surface area contributed by atoms with Crippen molar-refractivity contribution in [2.75, 3.05) is 12.4 Å². The second-order valence-corrected chi connectivity index (χ2v) is 7.03. The van der Waals surface area contributed by atoms with Gasteiger partial charge >= 0.3 is 0 Å². The molecule has 2 amide bonds. The van der Waals surface area contributed by atoms with Crippen LogP contribution >= 0.6 is 0 Å². The molecule has 0 saturated carbocycles. The summed E-state index contributed by atoms with van der Waals surface area (Å²) in [5.74, 6) is 0.0132. The van der Waals surface area contributed by atoms with Gasteiger partial charge in [-0.25, -0.2) is 0 Å². The lowest BCUT2D eigenvalue weighted by Gasteiger charge is -2.15. The van der Waals surface area contributed by atoms with Gasteiger partial charge in [0, 0.05) is 18.1 Å². The largest absolute Gasteiger partial charge is 0.497 e. The highest BCUT2D eigenvalue weighted by atomic mass is 16.5. The third kappa shape index (κ3) is 3.80. The van der Waals surface area contributed by atoms with Crippen molar-refractivity contribution >= 4 is 23.1 Å². The number of nitrogens with zero attached hydrogens (tertiary/aromatic N) is 2. The highest BCUT2D eigenvalue weighted by Crippen LogP contribution is 2.32. The molecular formula is C24H21N3O3. The Morgan fingerprint density at radius 3 is 2.33 bits per heavy atom. The van der Waals surface area contributed by atoms with E-state index in [0.29, 0.717) is 22.6 Å². The first-order valence-corrected chi connectivity index (χ1v) is 9.54. The fourth-order valence-corrected chi connectivity index (χ4v) is 3.32. The quantitative estimate of drug-likeness (QED) is 0.639. The monoisotopic (exact) mass is 399 g/mol. The maximum atomic E-state index is 13.3. The van der Waals surface area contributed by atoms with Crippen LogP contribution in [0.5, 0.6) is 5.75 Å². The molecule has 0 saturated heterocycles. The molecule has 0 spiro atoms. The molecule has 0 unspecified atom stereocenters. The number of ether oxygens (including phenoxy) is 1. The topological polar surface area (TPSA) is 71.5 Å². The Labute approximate surface area is 174 Å². The van der Waals surface area contributed by atoms with Crippen molar-refractivity contribution in [3.63, 3.8) is 0 Å². The highest BCUT2D eigenvalue weighted by Gasteiger charge is 2.39. The fourth-order valence-electron chi connectivity index (χ4n) is 3.32. The number of carbonyl (C=O) groups is 2. The van der Waals surface area contributed by atoms with Crippen LogP contribution in [0.3, 0.4) is 0 Å². The SMILES string of the molecule is COc1ccc(NC2=C(c3ccc(C)cc3)C(=O)N(Cc3cccnc3)C2=O)cc1. The summed E-state index contributed by atoms with van der Waals surface area (Å²) in [6.45, 7) is 2.14. The molecule has 1 aliphatic heterocycles. The van der Waals surface area contributed by atoms with Gasteiger partial charge in [0.2, 0.25) is 0 Å². The molecular weight excluding hydrogens is 378 g/mol. The van der Waals surface area contributed by atoms with Crippen LogP contribution in [-0.2, 0) is 16.1 Å². The van der Waals surface area contributed by atoms with Crippen LogP contribution in [0.2, 0.25) is 0 Å². The number of benzene rings is 2. The summed E-state index contributed by atoms with van der Waals surface area (Å²) in [7, 11) is 1.59. The number of methoxy groups -OCH3 is 1. The van der Waals surface area contributed by atoms with Gasteiger partial charge in [0.25, 0.3) is 11.8 Å². The number of hydrogen-bond acceptors (Lipinski definition) is 5. The molecule has 2 heterocycles. The van der Waals surface area contributed by atoms with E-state index < -0.39 is 0 Å². The molecule has 0 radical (unpaired) electrons. The maximum absolute atomic E-state index is 13.3. The Kier molecular flexibility index (Phi) is 5.30. The van der Waals surface area contributed by atoms with Gasteiger partial charge < -0.3 is 10.1 Å². The molecule has 30 heavy (non-hydrogen) atoms. The summed E-state index contributed by atoms with van der Waals surface area (Å²) in [6, 6.07) is 18.4. The third-order valence-electron chi connectivity index (χ3n) is 4.93. The van der Waals surface area contributed by atoms with Gasteiger partial charge in [-0.05, 0) is 48.4 Å². The second kappa shape index (κ2) is 8.21. The summed E-state index contributed by atoms with van der Waals surface area (Å²) in [6.07, 6.45) is 3.31. The Balaban J connectivity index is 1.72. The Hall–Kier alpha value is -3.93. The molecule has 2 aromatic carbocycles. The number of nitrogens with one attached hydrogen (secondary N) is 1. The highest BCUT2D eigenvalue weighted by molar-refractivity contribution is 6.36. The average Bonchev–Trinajstić information content (AvgIpc) is 3.00. The van der Waals surface area contributed by atoms with Crippen LogP contribution in [0.4, 0.5) is 5.69 Å². The van der Waals surface area contributed by atoms with Crippen molar-refractivity contribution in [3.8, 4) is 5.75 Å². The van der Waals surface area contributed by atoms with E-state index in [4.69, 9.17) is 4.74 Å². The Morgan fingerprint density at radius 1 is 0.967 bits per heavy atom. The molecule has 3 aromatic rings. The van der Waals surface area contributed by atoms with Crippen LogP contribution in [0.1, 0.15) is 16.7 Å². The zero-order valence-corrected chi connectivity index (χ0v) is 16.8. The van der Waals surface area contributed by atoms with Gasteiger partial charge in [0.15, 0.2) is 0 Å². The van der Waals surface area contributed by atoms with E-state index in [1.807, 2.05) is 37.3 Å². The van der Waals surface area contributed by atoms with E-state index in [9.17, 15) is 9.59 Å². The minimum Gasteiger partial charge on any atom is -0.497 e. The van der Waals surface area contributed by atoms with Crippen LogP contribution in [0, 0.1) is 6.92 Å². The number of carbonyl (C=O) groups excluding carboxylic acids is 2. The van der Waals surface area contributed by atoms with E-state index in [1.54, 1.807) is 49.8 Å². The number of aromatic nitrogens is 1. The molecule has 6 heteroatoms. The van der Waals surface area contributed by atoms with Gasteiger partial charge in [-0.15, -0.1) is 0 Å². The Morgan fingerprint density at radius 2 is 1.70 bits per heavy atom. The van der Waals surface area contributed by atoms with Crippen LogP contribution in [0.15, 0.2) is 78.8 Å². The lowest BCUT2D eigenvalue weighted by molar-refractivity contribution is -0.137. The number of aryl methyl sites for hydroxylation is 1. The molecule has 1 aromatic heterocycles. The molecule has 0 fully saturated rings. The first kappa shape index (κ1) is 19.4. The number of pyridine rings is 1. The normalized spacial score (nSPS) is 13.7. The maximum Gasteiger partial charge on any atom is 0.278 e. The number of imide groups is 1. The van der Waals surface area contributed by atoms with Gasteiger partial charge in [0.05, 0.1) is 19.2 Å². The first-order valence-electron chi connectivity index (χ1n) is 9.54. The summed E-state index contributed by atoms with van der Waals surface area (Å²) in [5.41, 5.74) is 3.88. The zero-order valence-electron chi connectivity index (χ0n) is 16.8. The number of amides is 2. The van der Waals surface area contributed by atoms with Crippen molar-refractivity contribution in [1.29, 1.82) is 0 Å². The van der Waals surface area contributed by atoms with Gasteiger partial charge in [-0.3, -0.25) is 19.5 Å². The molecule has 0 atom stereocenters. The molecule has 1 aliphatic rings. The fraction of sp³-hybridized carbons (Fsp3) is 0.125. The summed E-state index contributed by atoms with van der Waals surface area (Å²) in [4.78, 5) is 31.8. The number of rotatable bonds is 6.